The van der Waals surface area contributed by atoms with Crippen molar-refractivity contribution in [3.8, 4) is 5.88 Å². The van der Waals surface area contributed by atoms with Crippen LogP contribution in [0.5, 0.6) is 5.88 Å². The van der Waals surface area contributed by atoms with E-state index < -0.39 is 0 Å². The highest BCUT2D eigenvalue weighted by molar-refractivity contribution is 5.80. The first kappa shape index (κ1) is 27.3. The molecule has 3 unspecified atom stereocenters. The van der Waals surface area contributed by atoms with Crippen LogP contribution in [-0.2, 0) is 27.5 Å². The summed E-state index contributed by atoms with van der Waals surface area (Å²) in [5.41, 5.74) is 8.20. The second kappa shape index (κ2) is 10.3. The maximum Gasteiger partial charge on any atom is 0.326 e. The molecule has 4 saturated carbocycles. The van der Waals surface area contributed by atoms with Crippen LogP contribution in [0.3, 0.4) is 0 Å². The molecule has 3 aromatic rings. The van der Waals surface area contributed by atoms with Gasteiger partial charge in [-0.15, -0.1) is 0 Å². The molecule has 222 valence electrons. The third kappa shape index (κ3) is 4.56. The summed E-state index contributed by atoms with van der Waals surface area (Å²) in [4.78, 5) is 38.6. The topological polar surface area (TPSA) is 122 Å². The molecule has 0 spiro atoms. The molecule has 2 heterocycles. The number of carbonyl (C=O) groups is 2. The Morgan fingerprint density at radius 1 is 1.02 bits per heavy atom. The number of hydrogen-bond donors (Lipinski definition) is 1. The molecule has 4 fully saturated rings. The maximum atomic E-state index is 13.4. The molecule has 4 aliphatic carbocycles. The summed E-state index contributed by atoms with van der Waals surface area (Å²) in [5, 5.41) is 0. The van der Waals surface area contributed by atoms with Crippen LogP contribution in [0.1, 0.15) is 77.2 Å². The standard InChI is InChI=1S/C33H41N5O4/c1-32-14-12-22(39)16-21(32)8-9-23-24-10-11-26(33(24,2)15-13-25(23)32)42-27(40)17-38-19-35-28-29(38)36-31(34)37-30(28)41-18-20-6-4-3-5-7-20/h3-7,19,21,23-26H,8-18H2,1-2H3,(H2,34,36,37)/t21-,23?,24?,25?,26-,32-,33-/m0/s1. The van der Waals surface area contributed by atoms with Gasteiger partial charge < -0.3 is 19.8 Å². The van der Waals surface area contributed by atoms with E-state index in [0.717, 1.165) is 50.5 Å². The summed E-state index contributed by atoms with van der Waals surface area (Å²) in [6, 6.07) is 9.80. The summed E-state index contributed by atoms with van der Waals surface area (Å²) < 4.78 is 13.9. The smallest absolute Gasteiger partial charge is 0.326 e. The zero-order valence-electron chi connectivity index (χ0n) is 24.6. The second-order valence-corrected chi connectivity index (χ2v) is 13.7. The Balaban J connectivity index is 1.04. The Labute approximate surface area is 246 Å². The van der Waals surface area contributed by atoms with Crippen molar-refractivity contribution in [1.29, 1.82) is 0 Å². The molecular formula is C33H41N5O4. The number of hydrogen-bond acceptors (Lipinski definition) is 8. The van der Waals surface area contributed by atoms with E-state index in [4.69, 9.17) is 15.2 Å². The number of fused-ring (bicyclic) bond motifs is 6. The van der Waals surface area contributed by atoms with E-state index >= 15 is 0 Å². The van der Waals surface area contributed by atoms with Gasteiger partial charge in [0.2, 0.25) is 11.8 Å². The van der Waals surface area contributed by atoms with Gasteiger partial charge in [0.05, 0.1) is 6.33 Å². The zero-order valence-corrected chi connectivity index (χ0v) is 24.6. The van der Waals surface area contributed by atoms with E-state index in [-0.39, 0.29) is 35.4 Å². The Morgan fingerprint density at radius 3 is 2.67 bits per heavy atom. The Hall–Kier alpha value is -3.49. The Morgan fingerprint density at radius 2 is 1.83 bits per heavy atom. The van der Waals surface area contributed by atoms with Crippen molar-refractivity contribution in [2.45, 2.75) is 90.9 Å². The van der Waals surface area contributed by atoms with E-state index in [1.807, 2.05) is 30.3 Å². The Kier molecular flexibility index (Phi) is 6.74. The van der Waals surface area contributed by atoms with Crippen LogP contribution >= 0.6 is 0 Å². The van der Waals surface area contributed by atoms with Gasteiger partial charge in [-0.1, -0.05) is 44.2 Å². The number of imidazole rings is 1. The number of Topliss-reactive ketones (excluding diaryl/α,β-unsaturated/α-hetero) is 1. The fourth-order valence-electron chi connectivity index (χ4n) is 9.40. The number of anilines is 1. The van der Waals surface area contributed by atoms with Gasteiger partial charge in [-0.05, 0) is 79.6 Å². The molecule has 9 heteroatoms. The van der Waals surface area contributed by atoms with E-state index in [1.54, 1.807) is 10.9 Å². The molecule has 0 saturated heterocycles. The first-order valence-corrected chi connectivity index (χ1v) is 15.6. The van der Waals surface area contributed by atoms with Crippen LogP contribution in [0.25, 0.3) is 11.2 Å². The summed E-state index contributed by atoms with van der Waals surface area (Å²) in [5.74, 6) is 2.98. The summed E-state index contributed by atoms with van der Waals surface area (Å²) in [6.07, 6.45) is 10.7. The molecule has 0 bridgehead atoms. The number of ether oxygens (including phenoxy) is 2. The number of nitrogens with two attached hydrogens (primary N) is 1. The highest BCUT2D eigenvalue weighted by atomic mass is 16.5. The summed E-state index contributed by atoms with van der Waals surface area (Å²) >= 11 is 0. The number of rotatable bonds is 6. The number of aromatic nitrogens is 4. The van der Waals surface area contributed by atoms with Crippen LogP contribution < -0.4 is 10.5 Å². The van der Waals surface area contributed by atoms with Crippen LogP contribution in [0.4, 0.5) is 5.95 Å². The van der Waals surface area contributed by atoms with Crippen molar-refractivity contribution in [2.24, 2.45) is 34.5 Å². The Bertz CT molecular complexity index is 1510. The average molecular weight is 572 g/mol. The number of nitrogens with zero attached hydrogens (tertiary/aromatic N) is 4. The van der Waals surface area contributed by atoms with Gasteiger partial charge in [0.1, 0.15) is 25.0 Å². The fourth-order valence-corrected chi connectivity index (χ4v) is 9.40. The molecule has 42 heavy (non-hydrogen) atoms. The minimum absolute atomic E-state index is 0.00214. The lowest BCUT2D eigenvalue weighted by molar-refractivity contribution is -0.164. The SMILES string of the molecule is C[C@]12CCC3C(CC[C@H]4CC(=O)CC[C@]34C)C1CC[C@@H]2OC(=O)Cn1cnc2c(OCc3ccccc3)nc(N)nc21. The first-order valence-electron chi connectivity index (χ1n) is 15.6. The zero-order chi connectivity index (χ0) is 29.1. The van der Waals surface area contributed by atoms with Gasteiger partial charge in [0, 0.05) is 18.3 Å². The number of carbonyl (C=O) groups excluding carboxylic acids is 2. The quantitative estimate of drug-likeness (QED) is 0.384. The molecule has 2 aromatic heterocycles. The average Bonchev–Trinajstić information content (AvgIpc) is 3.53. The highest BCUT2D eigenvalue weighted by Crippen LogP contribution is 2.66. The molecule has 9 nitrogen and oxygen atoms in total. The van der Waals surface area contributed by atoms with Crippen LogP contribution in [0.15, 0.2) is 36.7 Å². The fraction of sp³-hybridized carbons (Fsp3) is 0.606. The van der Waals surface area contributed by atoms with Crippen molar-refractivity contribution in [3.63, 3.8) is 0 Å². The molecular weight excluding hydrogens is 530 g/mol. The third-order valence-corrected chi connectivity index (χ3v) is 11.6. The van der Waals surface area contributed by atoms with Gasteiger partial charge in [-0.2, -0.15) is 9.97 Å². The van der Waals surface area contributed by atoms with Crippen LogP contribution in [0, 0.1) is 34.5 Å². The van der Waals surface area contributed by atoms with Crippen LogP contribution in [0.2, 0.25) is 0 Å². The second-order valence-electron chi connectivity index (χ2n) is 13.7. The number of benzene rings is 1. The van der Waals surface area contributed by atoms with Crippen molar-refractivity contribution >= 4 is 28.9 Å². The highest BCUT2D eigenvalue weighted by Gasteiger charge is 2.61. The van der Waals surface area contributed by atoms with Gasteiger partial charge in [-0.3, -0.25) is 9.59 Å². The minimum Gasteiger partial charge on any atom is -0.471 e. The van der Waals surface area contributed by atoms with Gasteiger partial charge in [-0.25, -0.2) is 4.98 Å². The molecule has 7 atom stereocenters. The largest absolute Gasteiger partial charge is 0.471 e. The lowest BCUT2D eigenvalue weighted by atomic mass is 9.45. The van der Waals surface area contributed by atoms with Gasteiger partial charge in [0.25, 0.3) is 0 Å². The maximum absolute atomic E-state index is 13.4. The number of ketones is 1. The van der Waals surface area contributed by atoms with E-state index in [2.05, 4.69) is 28.8 Å². The number of nitrogen functional groups attached to an aromatic ring is 1. The molecule has 2 N–H and O–H groups in total. The van der Waals surface area contributed by atoms with Crippen molar-refractivity contribution in [3.05, 3.63) is 42.2 Å². The number of esters is 1. The predicted molar refractivity (Wildman–Crippen MR) is 157 cm³/mol. The summed E-state index contributed by atoms with van der Waals surface area (Å²) in [7, 11) is 0. The normalized spacial score (nSPS) is 34.0. The monoisotopic (exact) mass is 571 g/mol. The lowest BCUT2D eigenvalue weighted by Crippen LogP contribution is -2.54. The molecule has 4 aliphatic rings. The van der Waals surface area contributed by atoms with Crippen molar-refractivity contribution in [1.82, 2.24) is 19.5 Å². The van der Waals surface area contributed by atoms with E-state index in [1.165, 1.54) is 12.8 Å². The summed E-state index contributed by atoms with van der Waals surface area (Å²) in [6.45, 7) is 5.15. The van der Waals surface area contributed by atoms with Crippen molar-refractivity contribution < 1.29 is 19.1 Å². The van der Waals surface area contributed by atoms with E-state index in [0.29, 0.717) is 53.1 Å². The molecule has 1 aromatic carbocycles. The minimum atomic E-state index is -0.284. The molecule has 0 amide bonds. The van der Waals surface area contributed by atoms with Crippen LogP contribution in [-0.4, -0.2) is 37.4 Å². The van der Waals surface area contributed by atoms with E-state index in [9.17, 15) is 9.59 Å². The predicted octanol–water partition coefficient (Wildman–Crippen LogP) is 5.51. The van der Waals surface area contributed by atoms with Crippen molar-refractivity contribution in [2.75, 3.05) is 5.73 Å². The molecule has 0 radical (unpaired) electrons. The van der Waals surface area contributed by atoms with Gasteiger partial charge >= 0.3 is 5.97 Å². The molecule has 7 rings (SSSR count). The molecule has 0 aliphatic heterocycles. The lowest BCUT2D eigenvalue weighted by Gasteiger charge is -2.60. The first-order chi connectivity index (χ1) is 20.2. The third-order valence-electron chi connectivity index (χ3n) is 11.6. The van der Waals surface area contributed by atoms with Gasteiger partial charge in [0.15, 0.2) is 11.2 Å².